The van der Waals surface area contributed by atoms with Crippen LogP contribution in [0.25, 0.3) is 0 Å². The van der Waals surface area contributed by atoms with Crippen LogP contribution in [0.1, 0.15) is 12.5 Å². The van der Waals surface area contributed by atoms with Crippen LogP contribution in [-0.2, 0) is 6.42 Å². The zero-order chi connectivity index (χ0) is 12.3. The molecule has 1 aliphatic heterocycles. The van der Waals surface area contributed by atoms with Crippen LogP contribution < -0.4 is 5.32 Å². The fraction of sp³-hybridized carbons (Fsp3) is 0.538. The lowest BCUT2D eigenvalue weighted by molar-refractivity contribution is 0.183. The number of halogens is 2. The molecule has 94 valence electrons. The highest BCUT2D eigenvalue weighted by Gasteiger charge is 2.17. The molecule has 1 unspecified atom stereocenters. The summed E-state index contributed by atoms with van der Waals surface area (Å²) in [4.78, 5) is 2.37. The Hall–Kier alpha value is -1.00. The van der Waals surface area contributed by atoms with E-state index >= 15 is 0 Å². The fourth-order valence-electron chi connectivity index (χ4n) is 2.26. The second kappa shape index (κ2) is 5.56. The first-order valence-electron chi connectivity index (χ1n) is 6.05. The molecule has 0 aromatic heterocycles. The lowest BCUT2D eigenvalue weighted by Crippen LogP contribution is -2.48. The molecule has 1 atom stereocenters. The molecule has 17 heavy (non-hydrogen) atoms. The van der Waals surface area contributed by atoms with Crippen molar-refractivity contribution >= 4 is 0 Å². The number of nitrogens with zero attached hydrogens (tertiary/aromatic N) is 1. The molecule has 2 rings (SSSR count). The van der Waals surface area contributed by atoms with Crippen molar-refractivity contribution in [1.82, 2.24) is 10.2 Å². The van der Waals surface area contributed by atoms with E-state index in [4.69, 9.17) is 0 Å². The Bertz CT molecular complexity index is 376. The van der Waals surface area contributed by atoms with Gasteiger partial charge in [-0.25, -0.2) is 8.78 Å². The van der Waals surface area contributed by atoms with Crippen LogP contribution >= 0.6 is 0 Å². The molecule has 1 aliphatic rings. The Morgan fingerprint density at radius 1 is 1.24 bits per heavy atom. The molecule has 1 N–H and O–H groups in total. The van der Waals surface area contributed by atoms with Crippen LogP contribution in [0.3, 0.4) is 0 Å². The van der Waals surface area contributed by atoms with Gasteiger partial charge < -0.3 is 5.32 Å². The summed E-state index contributed by atoms with van der Waals surface area (Å²) in [6.45, 7) is 6.17. The van der Waals surface area contributed by atoms with Crippen LogP contribution in [0.5, 0.6) is 0 Å². The van der Waals surface area contributed by atoms with Crippen molar-refractivity contribution in [3.05, 3.63) is 35.4 Å². The SMILES string of the molecule is CC(Cc1ccc(F)c(F)c1)N1CCNCC1. The third kappa shape index (κ3) is 3.23. The number of hydrogen-bond acceptors (Lipinski definition) is 2. The number of rotatable bonds is 3. The molecule has 0 spiro atoms. The summed E-state index contributed by atoms with van der Waals surface area (Å²) in [5, 5.41) is 3.30. The van der Waals surface area contributed by atoms with Crippen molar-refractivity contribution in [2.24, 2.45) is 0 Å². The second-order valence-electron chi connectivity index (χ2n) is 4.59. The Morgan fingerprint density at radius 3 is 2.59 bits per heavy atom. The predicted octanol–water partition coefficient (Wildman–Crippen LogP) is 1.80. The Morgan fingerprint density at radius 2 is 1.94 bits per heavy atom. The third-order valence-corrected chi connectivity index (χ3v) is 3.29. The molecule has 4 heteroatoms. The fourth-order valence-corrected chi connectivity index (χ4v) is 2.26. The van der Waals surface area contributed by atoms with Gasteiger partial charge in [0.15, 0.2) is 11.6 Å². The largest absolute Gasteiger partial charge is 0.314 e. The summed E-state index contributed by atoms with van der Waals surface area (Å²) < 4.78 is 25.9. The predicted molar refractivity (Wildman–Crippen MR) is 64.0 cm³/mol. The second-order valence-corrected chi connectivity index (χ2v) is 4.59. The maximum atomic E-state index is 13.1. The molecule has 1 heterocycles. The molecule has 1 fully saturated rings. The minimum atomic E-state index is -0.774. The summed E-state index contributed by atoms with van der Waals surface area (Å²) in [6, 6.07) is 4.53. The summed E-state index contributed by atoms with van der Waals surface area (Å²) in [6.07, 6.45) is 0.761. The molecule has 0 aliphatic carbocycles. The summed E-state index contributed by atoms with van der Waals surface area (Å²) in [7, 11) is 0. The van der Waals surface area contributed by atoms with Gasteiger partial charge in [-0.05, 0) is 31.0 Å². The average molecular weight is 240 g/mol. The number of piperazine rings is 1. The van der Waals surface area contributed by atoms with Crippen molar-refractivity contribution in [1.29, 1.82) is 0 Å². The highest BCUT2D eigenvalue weighted by atomic mass is 19.2. The standard InChI is InChI=1S/C13H18F2N2/c1-10(17-6-4-16-5-7-17)8-11-2-3-12(14)13(15)9-11/h2-3,9-10,16H,4-8H2,1H3. The van der Waals surface area contributed by atoms with E-state index in [0.29, 0.717) is 6.04 Å². The van der Waals surface area contributed by atoms with E-state index in [2.05, 4.69) is 17.1 Å². The molecule has 0 amide bonds. The van der Waals surface area contributed by atoms with Gasteiger partial charge in [-0.1, -0.05) is 6.07 Å². The van der Waals surface area contributed by atoms with Crippen molar-refractivity contribution < 1.29 is 8.78 Å². The summed E-state index contributed by atoms with van der Waals surface area (Å²) >= 11 is 0. The van der Waals surface area contributed by atoms with Crippen molar-refractivity contribution in [2.75, 3.05) is 26.2 Å². The topological polar surface area (TPSA) is 15.3 Å². The molecule has 1 aromatic rings. The van der Waals surface area contributed by atoms with Crippen LogP contribution in [0.15, 0.2) is 18.2 Å². The highest BCUT2D eigenvalue weighted by molar-refractivity contribution is 5.18. The van der Waals surface area contributed by atoms with Gasteiger partial charge >= 0.3 is 0 Å². The summed E-state index contributed by atoms with van der Waals surface area (Å²) in [5.74, 6) is -1.53. The molecular weight excluding hydrogens is 222 g/mol. The van der Waals surface area contributed by atoms with Gasteiger partial charge in [0.05, 0.1) is 0 Å². The van der Waals surface area contributed by atoms with Gasteiger partial charge in [-0.15, -0.1) is 0 Å². The van der Waals surface area contributed by atoms with Crippen molar-refractivity contribution in [2.45, 2.75) is 19.4 Å². The Kier molecular flexibility index (Phi) is 4.07. The van der Waals surface area contributed by atoms with E-state index in [1.807, 2.05) is 0 Å². The maximum absolute atomic E-state index is 13.1. The van der Waals surface area contributed by atoms with Crippen LogP contribution in [0.4, 0.5) is 8.78 Å². The van der Waals surface area contributed by atoms with Crippen LogP contribution in [0, 0.1) is 11.6 Å². The Balaban J connectivity index is 1.96. The molecule has 2 nitrogen and oxygen atoms in total. The molecular formula is C13H18F2N2. The highest BCUT2D eigenvalue weighted by Crippen LogP contribution is 2.13. The van der Waals surface area contributed by atoms with Gasteiger partial charge in [-0.3, -0.25) is 4.90 Å². The van der Waals surface area contributed by atoms with Crippen LogP contribution in [-0.4, -0.2) is 37.1 Å². The first-order chi connectivity index (χ1) is 8.16. The first-order valence-corrected chi connectivity index (χ1v) is 6.05. The van der Waals surface area contributed by atoms with Crippen molar-refractivity contribution in [3.63, 3.8) is 0 Å². The number of nitrogens with one attached hydrogen (secondary N) is 1. The molecule has 0 saturated carbocycles. The number of hydrogen-bond donors (Lipinski definition) is 1. The first kappa shape index (κ1) is 12.5. The normalized spacial score (nSPS) is 19.2. The molecule has 1 saturated heterocycles. The van der Waals surface area contributed by atoms with Crippen LogP contribution in [0.2, 0.25) is 0 Å². The quantitative estimate of drug-likeness (QED) is 0.866. The average Bonchev–Trinajstić information content (AvgIpc) is 2.35. The Labute approximate surface area is 101 Å². The smallest absolute Gasteiger partial charge is 0.159 e. The summed E-state index contributed by atoms with van der Waals surface area (Å²) in [5.41, 5.74) is 0.856. The van der Waals surface area contributed by atoms with Gasteiger partial charge in [0, 0.05) is 32.2 Å². The maximum Gasteiger partial charge on any atom is 0.159 e. The third-order valence-electron chi connectivity index (χ3n) is 3.29. The van der Waals surface area contributed by atoms with Gasteiger partial charge in [-0.2, -0.15) is 0 Å². The van der Waals surface area contributed by atoms with E-state index in [1.54, 1.807) is 6.07 Å². The van der Waals surface area contributed by atoms with Gasteiger partial charge in [0.25, 0.3) is 0 Å². The van der Waals surface area contributed by atoms with E-state index in [9.17, 15) is 8.78 Å². The zero-order valence-corrected chi connectivity index (χ0v) is 10.0. The zero-order valence-electron chi connectivity index (χ0n) is 10.0. The van der Waals surface area contributed by atoms with Gasteiger partial charge in [0.1, 0.15) is 0 Å². The lowest BCUT2D eigenvalue weighted by Gasteiger charge is -2.32. The van der Waals surface area contributed by atoms with E-state index in [1.165, 1.54) is 12.1 Å². The van der Waals surface area contributed by atoms with Gasteiger partial charge in [0.2, 0.25) is 0 Å². The molecule has 1 aromatic carbocycles. The molecule has 0 radical (unpaired) electrons. The lowest BCUT2D eigenvalue weighted by atomic mass is 10.1. The molecule has 0 bridgehead atoms. The number of benzene rings is 1. The minimum absolute atomic E-state index is 0.363. The van der Waals surface area contributed by atoms with E-state index in [-0.39, 0.29) is 0 Å². The monoisotopic (exact) mass is 240 g/mol. The van der Waals surface area contributed by atoms with E-state index in [0.717, 1.165) is 38.2 Å². The van der Waals surface area contributed by atoms with E-state index < -0.39 is 11.6 Å². The minimum Gasteiger partial charge on any atom is -0.314 e. The van der Waals surface area contributed by atoms with Crippen molar-refractivity contribution in [3.8, 4) is 0 Å².